The van der Waals surface area contributed by atoms with Gasteiger partial charge in [-0.05, 0) is 49.4 Å². The van der Waals surface area contributed by atoms with Gasteiger partial charge < -0.3 is 5.32 Å². The highest BCUT2D eigenvalue weighted by atomic mass is 32.2. The maximum Gasteiger partial charge on any atom is 0.0232 e. The van der Waals surface area contributed by atoms with Crippen molar-refractivity contribution in [3.8, 4) is 0 Å². The summed E-state index contributed by atoms with van der Waals surface area (Å²) in [5.41, 5.74) is 5.53. The smallest absolute Gasteiger partial charge is 0.0232 e. The summed E-state index contributed by atoms with van der Waals surface area (Å²) >= 11 is 1.93. The summed E-state index contributed by atoms with van der Waals surface area (Å²) in [7, 11) is 0. The van der Waals surface area contributed by atoms with Crippen molar-refractivity contribution >= 4 is 11.8 Å². The fourth-order valence-corrected chi connectivity index (χ4v) is 3.45. The highest BCUT2D eigenvalue weighted by Gasteiger charge is 2.19. The first-order valence-electron chi connectivity index (χ1n) is 7.72. The highest BCUT2D eigenvalue weighted by molar-refractivity contribution is 7.98. The molecule has 1 saturated carbocycles. The second-order valence-corrected chi connectivity index (χ2v) is 7.05. The lowest BCUT2D eigenvalue weighted by molar-refractivity contribution is 0.687. The molecule has 0 saturated heterocycles. The lowest BCUT2D eigenvalue weighted by Crippen LogP contribution is -2.15. The van der Waals surface area contributed by atoms with Crippen LogP contribution in [0.15, 0.2) is 47.4 Å². The van der Waals surface area contributed by atoms with Crippen molar-refractivity contribution < 1.29 is 0 Å². The summed E-state index contributed by atoms with van der Waals surface area (Å²) in [6.45, 7) is 5.38. The zero-order chi connectivity index (χ0) is 14.7. The molecular formula is C19H23NS. The minimum absolute atomic E-state index is 0.778. The number of hydrogen-bond acceptors (Lipinski definition) is 2. The lowest BCUT2D eigenvalue weighted by Gasteiger charge is -2.09. The molecule has 0 aromatic heterocycles. The van der Waals surface area contributed by atoms with Gasteiger partial charge in [-0.2, -0.15) is 0 Å². The van der Waals surface area contributed by atoms with Crippen LogP contribution in [0.3, 0.4) is 0 Å². The Bertz CT molecular complexity index is 617. The van der Waals surface area contributed by atoms with Gasteiger partial charge in [0, 0.05) is 23.2 Å². The van der Waals surface area contributed by atoms with E-state index < -0.39 is 0 Å². The van der Waals surface area contributed by atoms with Gasteiger partial charge in [0.25, 0.3) is 0 Å². The molecule has 1 N–H and O–H groups in total. The van der Waals surface area contributed by atoms with E-state index in [0.29, 0.717) is 0 Å². The summed E-state index contributed by atoms with van der Waals surface area (Å²) in [4.78, 5) is 1.40. The van der Waals surface area contributed by atoms with Gasteiger partial charge in [0.15, 0.2) is 0 Å². The van der Waals surface area contributed by atoms with E-state index in [-0.39, 0.29) is 0 Å². The molecule has 0 atom stereocenters. The van der Waals surface area contributed by atoms with Crippen molar-refractivity contribution in [1.29, 1.82) is 0 Å². The van der Waals surface area contributed by atoms with E-state index in [0.717, 1.165) is 18.3 Å². The van der Waals surface area contributed by atoms with E-state index in [4.69, 9.17) is 0 Å². The largest absolute Gasteiger partial charge is 0.310 e. The molecule has 0 bridgehead atoms. The van der Waals surface area contributed by atoms with Gasteiger partial charge in [0.2, 0.25) is 0 Å². The Labute approximate surface area is 132 Å². The third-order valence-electron chi connectivity index (χ3n) is 3.89. The van der Waals surface area contributed by atoms with Crippen LogP contribution in [0.2, 0.25) is 0 Å². The number of benzene rings is 2. The topological polar surface area (TPSA) is 12.0 Å². The molecule has 2 aromatic carbocycles. The summed E-state index contributed by atoms with van der Waals surface area (Å²) < 4.78 is 0. The van der Waals surface area contributed by atoms with Crippen LogP contribution in [-0.4, -0.2) is 6.04 Å². The predicted octanol–water partition coefficient (Wildman–Crippen LogP) is 4.85. The zero-order valence-electron chi connectivity index (χ0n) is 12.9. The normalized spacial score (nSPS) is 14.4. The SMILES string of the molecule is Cc1cccc(CSc2ccc(CNC3CC3)cc2C)c1. The molecule has 0 aliphatic heterocycles. The molecule has 0 spiro atoms. The predicted molar refractivity (Wildman–Crippen MR) is 91.8 cm³/mol. The molecular weight excluding hydrogens is 274 g/mol. The second-order valence-electron chi connectivity index (χ2n) is 6.03. The Hall–Kier alpha value is -1.25. The van der Waals surface area contributed by atoms with Crippen LogP contribution >= 0.6 is 11.8 Å². The van der Waals surface area contributed by atoms with E-state index in [2.05, 4.69) is 61.6 Å². The maximum atomic E-state index is 3.58. The average molecular weight is 297 g/mol. The fraction of sp³-hybridized carbons (Fsp3) is 0.368. The van der Waals surface area contributed by atoms with Gasteiger partial charge in [-0.15, -0.1) is 11.8 Å². The molecule has 2 aromatic rings. The first-order chi connectivity index (χ1) is 10.2. The van der Waals surface area contributed by atoms with Crippen molar-refractivity contribution in [3.63, 3.8) is 0 Å². The van der Waals surface area contributed by atoms with Gasteiger partial charge >= 0.3 is 0 Å². The summed E-state index contributed by atoms with van der Waals surface area (Å²) in [5.74, 6) is 1.04. The Morgan fingerprint density at radius 2 is 1.90 bits per heavy atom. The van der Waals surface area contributed by atoms with Crippen LogP contribution in [0.25, 0.3) is 0 Å². The second kappa shape index (κ2) is 6.67. The first kappa shape index (κ1) is 14.7. The summed E-state index contributed by atoms with van der Waals surface area (Å²) in [5, 5.41) is 3.58. The van der Waals surface area contributed by atoms with Gasteiger partial charge in [-0.1, -0.05) is 42.0 Å². The Morgan fingerprint density at radius 3 is 2.62 bits per heavy atom. The third-order valence-corrected chi connectivity index (χ3v) is 5.14. The summed E-state index contributed by atoms with van der Waals surface area (Å²) in [6.07, 6.45) is 2.70. The van der Waals surface area contributed by atoms with Crippen molar-refractivity contribution in [2.75, 3.05) is 0 Å². The molecule has 0 unspecified atom stereocenters. The van der Waals surface area contributed by atoms with Crippen molar-refractivity contribution in [3.05, 3.63) is 64.7 Å². The Morgan fingerprint density at radius 1 is 1.05 bits per heavy atom. The molecule has 2 heteroatoms. The van der Waals surface area contributed by atoms with Gasteiger partial charge in [0.05, 0.1) is 0 Å². The van der Waals surface area contributed by atoms with Crippen LogP contribution in [0, 0.1) is 13.8 Å². The molecule has 0 heterocycles. The van der Waals surface area contributed by atoms with Crippen LogP contribution in [0.5, 0.6) is 0 Å². The van der Waals surface area contributed by atoms with Crippen LogP contribution < -0.4 is 5.32 Å². The van der Waals surface area contributed by atoms with E-state index in [9.17, 15) is 0 Å². The molecule has 0 amide bonds. The number of aryl methyl sites for hydroxylation is 2. The fourth-order valence-electron chi connectivity index (χ4n) is 2.50. The van der Waals surface area contributed by atoms with E-state index >= 15 is 0 Å². The minimum Gasteiger partial charge on any atom is -0.310 e. The van der Waals surface area contributed by atoms with Crippen molar-refractivity contribution in [2.24, 2.45) is 0 Å². The quantitative estimate of drug-likeness (QED) is 0.765. The summed E-state index contributed by atoms with van der Waals surface area (Å²) in [6, 6.07) is 16.4. The van der Waals surface area contributed by atoms with Crippen LogP contribution in [0.4, 0.5) is 0 Å². The van der Waals surface area contributed by atoms with E-state index in [1.54, 1.807) is 0 Å². The minimum atomic E-state index is 0.778. The van der Waals surface area contributed by atoms with Crippen LogP contribution in [0.1, 0.15) is 35.1 Å². The molecule has 3 rings (SSSR count). The Balaban J connectivity index is 1.59. The molecule has 1 fully saturated rings. The maximum absolute atomic E-state index is 3.58. The first-order valence-corrected chi connectivity index (χ1v) is 8.70. The Kier molecular flexibility index (Phi) is 4.67. The molecule has 1 nitrogen and oxygen atoms in total. The van der Waals surface area contributed by atoms with Crippen LogP contribution in [-0.2, 0) is 12.3 Å². The average Bonchev–Trinajstić information content (AvgIpc) is 3.28. The van der Waals surface area contributed by atoms with E-state index in [1.807, 2.05) is 11.8 Å². The van der Waals surface area contributed by atoms with Gasteiger partial charge in [0.1, 0.15) is 0 Å². The molecule has 21 heavy (non-hydrogen) atoms. The number of thioether (sulfide) groups is 1. The molecule has 0 radical (unpaired) electrons. The van der Waals surface area contributed by atoms with Gasteiger partial charge in [-0.3, -0.25) is 0 Å². The molecule has 110 valence electrons. The standard InChI is InChI=1S/C19H23NS/c1-14-4-3-5-17(10-14)13-21-19-9-6-16(11-15(19)2)12-20-18-7-8-18/h3-6,9-11,18,20H,7-8,12-13H2,1-2H3. The highest BCUT2D eigenvalue weighted by Crippen LogP contribution is 2.27. The number of rotatable bonds is 6. The van der Waals surface area contributed by atoms with Crippen molar-refractivity contribution in [1.82, 2.24) is 5.32 Å². The van der Waals surface area contributed by atoms with E-state index in [1.165, 1.54) is 40.0 Å². The van der Waals surface area contributed by atoms with Gasteiger partial charge in [-0.25, -0.2) is 0 Å². The van der Waals surface area contributed by atoms with Crippen molar-refractivity contribution in [2.45, 2.75) is 49.9 Å². The third kappa shape index (κ3) is 4.36. The lowest BCUT2D eigenvalue weighted by atomic mass is 10.1. The monoisotopic (exact) mass is 297 g/mol. The number of nitrogens with one attached hydrogen (secondary N) is 1. The molecule has 1 aliphatic carbocycles. The molecule has 1 aliphatic rings. The number of hydrogen-bond donors (Lipinski definition) is 1. The zero-order valence-corrected chi connectivity index (χ0v) is 13.7.